The number of benzene rings is 1. The maximum atomic E-state index is 13.4. The highest BCUT2D eigenvalue weighted by Gasteiger charge is 2.45. The number of unbranched alkanes of at least 4 members (excludes halogenated alkanes) is 1. The van der Waals surface area contributed by atoms with Crippen LogP contribution in [-0.2, 0) is 10.0 Å². The summed E-state index contributed by atoms with van der Waals surface area (Å²) in [6.07, 6.45) is 6.04. The Hall–Kier alpha value is -1.64. The molecule has 0 spiro atoms. The van der Waals surface area contributed by atoms with E-state index in [0.717, 1.165) is 18.5 Å². The van der Waals surface area contributed by atoms with Crippen LogP contribution in [0.25, 0.3) is 0 Å². The maximum Gasteiger partial charge on any atom is 0.246 e. The van der Waals surface area contributed by atoms with Gasteiger partial charge in [-0.2, -0.15) is 4.31 Å². The molecule has 3 rings (SSSR count). The number of aromatic nitrogens is 1. The monoisotopic (exact) mass is 453 g/mol. The maximum absolute atomic E-state index is 13.4. The van der Waals surface area contributed by atoms with Gasteiger partial charge in [0, 0.05) is 19.3 Å². The lowest BCUT2D eigenvalue weighted by atomic mass is 10.1. The van der Waals surface area contributed by atoms with Crippen molar-refractivity contribution in [3.8, 4) is 5.75 Å². The topological polar surface area (TPSA) is 62.7 Å². The molecular weight excluding hydrogens is 430 g/mol. The fraction of sp³-hybridized carbons (Fsp3) is 0.421. The molecule has 0 N–H and O–H groups in total. The molecule has 0 bridgehead atoms. The lowest BCUT2D eigenvalue weighted by Gasteiger charge is -2.37. The fourth-order valence-electron chi connectivity index (χ4n) is 3.27. The number of fused-ring (bicyclic) bond motifs is 1. The number of sulfonamides is 1. The summed E-state index contributed by atoms with van der Waals surface area (Å²) in [6.45, 7) is 2.56. The van der Waals surface area contributed by atoms with Crippen molar-refractivity contribution in [3.63, 3.8) is 0 Å². The van der Waals surface area contributed by atoms with Gasteiger partial charge >= 0.3 is 0 Å². The third kappa shape index (κ3) is 3.70. The van der Waals surface area contributed by atoms with Crippen molar-refractivity contribution in [2.75, 3.05) is 25.6 Å². The third-order valence-electron chi connectivity index (χ3n) is 4.93. The highest BCUT2D eigenvalue weighted by Crippen LogP contribution is 2.44. The highest BCUT2D eigenvalue weighted by atomic mass is 79.9. The second kappa shape index (κ2) is 7.77. The predicted octanol–water partition coefficient (Wildman–Crippen LogP) is 4.14. The van der Waals surface area contributed by atoms with Gasteiger partial charge in [0.15, 0.2) is 0 Å². The molecule has 0 aliphatic carbocycles. The first kappa shape index (κ1) is 20.1. The molecule has 2 aromatic rings. The third-order valence-corrected chi connectivity index (χ3v) is 8.30. The van der Waals surface area contributed by atoms with Gasteiger partial charge in [-0.05, 0) is 30.7 Å². The number of hydrogen-bond donors (Lipinski definition) is 0. The molecule has 1 aromatic carbocycles. The van der Waals surface area contributed by atoms with Crippen LogP contribution in [-0.4, -0.2) is 42.9 Å². The number of hydrogen-bond acceptors (Lipinski definition) is 5. The first-order valence-electron chi connectivity index (χ1n) is 8.87. The van der Waals surface area contributed by atoms with E-state index in [9.17, 15) is 8.42 Å². The van der Waals surface area contributed by atoms with Gasteiger partial charge in [0.1, 0.15) is 15.1 Å². The summed E-state index contributed by atoms with van der Waals surface area (Å²) in [6, 6.07) is 8.95. The molecule has 6 nitrogen and oxygen atoms in total. The van der Waals surface area contributed by atoms with Crippen LogP contribution in [0.4, 0.5) is 11.4 Å². The Labute approximate surface area is 169 Å². The van der Waals surface area contributed by atoms with Crippen LogP contribution in [0, 0.1) is 0 Å². The van der Waals surface area contributed by atoms with Crippen molar-refractivity contribution in [3.05, 3.63) is 42.7 Å². The Kier molecular flexibility index (Phi) is 5.79. The molecule has 146 valence electrons. The Morgan fingerprint density at radius 3 is 2.74 bits per heavy atom. The summed E-state index contributed by atoms with van der Waals surface area (Å²) < 4.78 is 32.9. The summed E-state index contributed by atoms with van der Waals surface area (Å²) in [7, 11) is -0.558. The SMILES string of the molecule is CCCCC1(Br)CN(c2cccnc2)c2ccc(OC)cc2S(=O)(=O)N1C. The van der Waals surface area contributed by atoms with Gasteiger partial charge in [-0.1, -0.05) is 35.7 Å². The van der Waals surface area contributed by atoms with E-state index in [1.807, 2.05) is 17.0 Å². The van der Waals surface area contributed by atoms with Gasteiger partial charge in [-0.15, -0.1) is 0 Å². The smallest absolute Gasteiger partial charge is 0.246 e. The van der Waals surface area contributed by atoms with Crippen molar-refractivity contribution >= 4 is 37.3 Å². The van der Waals surface area contributed by atoms with E-state index in [1.54, 1.807) is 37.6 Å². The lowest BCUT2D eigenvalue weighted by molar-refractivity contribution is 0.322. The van der Waals surface area contributed by atoms with E-state index in [4.69, 9.17) is 4.74 Å². The first-order valence-corrected chi connectivity index (χ1v) is 11.1. The second-order valence-corrected chi connectivity index (χ2v) is 10.0. The summed E-state index contributed by atoms with van der Waals surface area (Å²) in [5.41, 5.74) is 1.46. The molecule has 27 heavy (non-hydrogen) atoms. The normalized spacial score (nSPS) is 22.1. The summed E-state index contributed by atoms with van der Waals surface area (Å²) in [4.78, 5) is 6.45. The molecule has 8 heteroatoms. The lowest BCUT2D eigenvalue weighted by Crippen LogP contribution is -2.49. The zero-order chi connectivity index (χ0) is 19.7. The number of pyridine rings is 1. The van der Waals surface area contributed by atoms with Crippen LogP contribution < -0.4 is 9.64 Å². The van der Waals surface area contributed by atoms with E-state index >= 15 is 0 Å². The molecule has 0 saturated heterocycles. The molecule has 1 atom stereocenters. The van der Waals surface area contributed by atoms with E-state index in [1.165, 1.54) is 11.4 Å². The minimum absolute atomic E-state index is 0.228. The minimum Gasteiger partial charge on any atom is -0.497 e. The Morgan fingerprint density at radius 1 is 1.33 bits per heavy atom. The van der Waals surface area contributed by atoms with Crippen LogP contribution >= 0.6 is 15.9 Å². The molecule has 0 saturated carbocycles. The zero-order valence-corrected chi connectivity index (χ0v) is 18.1. The van der Waals surface area contributed by atoms with Crippen LogP contribution in [0.2, 0.25) is 0 Å². The number of rotatable bonds is 5. The predicted molar refractivity (Wildman–Crippen MR) is 110 cm³/mol. The highest BCUT2D eigenvalue weighted by molar-refractivity contribution is 9.10. The Morgan fingerprint density at radius 2 is 2.11 bits per heavy atom. The van der Waals surface area contributed by atoms with E-state index in [-0.39, 0.29) is 4.90 Å². The molecule has 1 aliphatic rings. The van der Waals surface area contributed by atoms with Crippen LogP contribution in [0.5, 0.6) is 5.75 Å². The molecule has 1 unspecified atom stereocenters. The second-order valence-electron chi connectivity index (χ2n) is 6.63. The van der Waals surface area contributed by atoms with Gasteiger partial charge in [0.2, 0.25) is 10.0 Å². The van der Waals surface area contributed by atoms with E-state index < -0.39 is 14.5 Å². The van der Waals surface area contributed by atoms with Crippen molar-refractivity contribution in [1.29, 1.82) is 0 Å². The van der Waals surface area contributed by atoms with Crippen LogP contribution in [0.15, 0.2) is 47.6 Å². The number of nitrogens with zero attached hydrogens (tertiary/aromatic N) is 3. The minimum atomic E-state index is -3.72. The molecular formula is C19H24BrN3O3S. The Bertz CT molecular complexity index is 908. The molecule has 0 amide bonds. The van der Waals surface area contributed by atoms with Crippen molar-refractivity contribution in [1.82, 2.24) is 9.29 Å². The molecule has 1 aliphatic heterocycles. The van der Waals surface area contributed by atoms with Gasteiger partial charge < -0.3 is 9.64 Å². The van der Waals surface area contributed by atoms with Gasteiger partial charge in [0.05, 0.1) is 31.2 Å². The largest absolute Gasteiger partial charge is 0.497 e. The van der Waals surface area contributed by atoms with Gasteiger partial charge in [0.25, 0.3) is 0 Å². The van der Waals surface area contributed by atoms with E-state index in [2.05, 4.69) is 27.8 Å². The van der Waals surface area contributed by atoms with Crippen molar-refractivity contribution in [2.45, 2.75) is 35.5 Å². The number of anilines is 2. The first-order chi connectivity index (χ1) is 12.8. The van der Waals surface area contributed by atoms with Gasteiger partial charge in [-0.3, -0.25) is 4.98 Å². The summed E-state index contributed by atoms with van der Waals surface area (Å²) in [5, 5.41) is 0. The average molecular weight is 454 g/mol. The zero-order valence-electron chi connectivity index (χ0n) is 15.7. The summed E-state index contributed by atoms with van der Waals surface area (Å²) in [5.74, 6) is 0.507. The van der Waals surface area contributed by atoms with Crippen LogP contribution in [0.1, 0.15) is 26.2 Å². The molecule has 1 aromatic heterocycles. The molecule has 0 radical (unpaired) electrons. The molecule has 2 heterocycles. The number of ether oxygens (including phenoxy) is 1. The quantitative estimate of drug-likeness (QED) is 0.502. The Balaban J connectivity index is 2.24. The average Bonchev–Trinajstić information content (AvgIpc) is 2.75. The number of alkyl halides is 1. The van der Waals surface area contributed by atoms with E-state index in [0.29, 0.717) is 24.4 Å². The van der Waals surface area contributed by atoms with Crippen molar-refractivity contribution in [2.24, 2.45) is 0 Å². The number of halogens is 1. The standard InChI is InChI=1S/C19H24BrN3O3S/c1-4-5-10-19(20)14-23(15-7-6-11-21-13-15)17-9-8-16(26-3)12-18(17)27(24,25)22(19)2/h6-9,11-13H,4-5,10,14H2,1-3H3. The van der Waals surface area contributed by atoms with Crippen LogP contribution in [0.3, 0.4) is 0 Å². The summed E-state index contributed by atoms with van der Waals surface area (Å²) >= 11 is 3.77. The number of methoxy groups -OCH3 is 1. The fourth-order valence-corrected chi connectivity index (χ4v) is 5.95. The molecule has 0 fully saturated rings. The number of likely N-dealkylation sites (N-methyl/N-ethyl adjacent to an activating group) is 1. The van der Waals surface area contributed by atoms with Gasteiger partial charge in [-0.25, -0.2) is 8.42 Å². The van der Waals surface area contributed by atoms with Crippen molar-refractivity contribution < 1.29 is 13.2 Å².